The molecular formula is C15H16ClNOS. The van der Waals surface area contributed by atoms with Gasteiger partial charge in [0, 0.05) is 15.9 Å². The molecule has 2 aromatic rings. The molecule has 4 heteroatoms. The third-order valence-corrected chi connectivity index (χ3v) is 3.86. The van der Waals surface area contributed by atoms with Gasteiger partial charge < -0.3 is 5.32 Å². The maximum absolute atomic E-state index is 11.8. The van der Waals surface area contributed by atoms with Crippen LogP contribution in [0.15, 0.2) is 41.8 Å². The van der Waals surface area contributed by atoms with Crippen molar-refractivity contribution in [3.63, 3.8) is 0 Å². The summed E-state index contributed by atoms with van der Waals surface area (Å²) in [6.07, 6.45) is 1.24. The maximum atomic E-state index is 11.8. The number of benzene rings is 1. The van der Waals surface area contributed by atoms with E-state index in [2.05, 4.69) is 5.32 Å². The van der Waals surface area contributed by atoms with Gasteiger partial charge in [0.25, 0.3) is 0 Å². The van der Waals surface area contributed by atoms with E-state index in [0.717, 1.165) is 21.9 Å². The second kappa shape index (κ2) is 6.73. The van der Waals surface area contributed by atoms with Gasteiger partial charge in [-0.2, -0.15) is 0 Å². The topological polar surface area (TPSA) is 29.1 Å². The van der Waals surface area contributed by atoms with Gasteiger partial charge in [-0.15, -0.1) is 11.3 Å². The van der Waals surface area contributed by atoms with Crippen LogP contribution in [0.5, 0.6) is 0 Å². The highest BCUT2D eigenvalue weighted by Gasteiger charge is 2.09. The predicted molar refractivity (Wildman–Crippen MR) is 80.8 cm³/mol. The molecule has 0 unspecified atom stereocenters. The standard InChI is InChI=1S/C15H16ClNOS/c1-11(8-12-4-2-5-13(16)9-12)17-15(18)10-14-6-3-7-19-14/h2-7,9,11H,8,10H2,1H3,(H,17,18)/t11-/m1/s1. The average molecular weight is 294 g/mol. The minimum atomic E-state index is 0.0666. The molecule has 19 heavy (non-hydrogen) atoms. The van der Waals surface area contributed by atoms with Crippen molar-refractivity contribution in [3.05, 3.63) is 57.2 Å². The molecule has 2 rings (SSSR count). The lowest BCUT2D eigenvalue weighted by atomic mass is 10.1. The largest absolute Gasteiger partial charge is 0.353 e. The van der Waals surface area contributed by atoms with Crippen LogP contribution in [0.1, 0.15) is 17.4 Å². The fraction of sp³-hybridized carbons (Fsp3) is 0.267. The van der Waals surface area contributed by atoms with Gasteiger partial charge in [-0.25, -0.2) is 0 Å². The van der Waals surface area contributed by atoms with Crippen LogP contribution in [0.3, 0.4) is 0 Å². The summed E-state index contributed by atoms with van der Waals surface area (Å²) < 4.78 is 0. The molecular weight excluding hydrogens is 278 g/mol. The number of rotatable bonds is 5. The number of hydrogen-bond acceptors (Lipinski definition) is 2. The lowest BCUT2D eigenvalue weighted by Crippen LogP contribution is -2.34. The minimum Gasteiger partial charge on any atom is -0.353 e. The molecule has 100 valence electrons. The van der Waals surface area contributed by atoms with Crippen LogP contribution in [-0.2, 0) is 17.6 Å². The van der Waals surface area contributed by atoms with Crippen LogP contribution in [0.4, 0.5) is 0 Å². The molecule has 0 aliphatic rings. The van der Waals surface area contributed by atoms with Gasteiger partial charge in [0.1, 0.15) is 0 Å². The monoisotopic (exact) mass is 293 g/mol. The van der Waals surface area contributed by atoms with Crippen molar-refractivity contribution in [3.8, 4) is 0 Å². The summed E-state index contributed by atoms with van der Waals surface area (Å²) in [5, 5.41) is 5.73. The van der Waals surface area contributed by atoms with Crippen LogP contribution >= 0.6 is 22.9 Å². The Hall–Kier alpha value is -1.32. The van der Waals surface area contributed by atoms with E-state index < -0.39 is 0 Å². The SMILES string of the molecule is C[C@H](Cc1cccc(Cl)c1)NC(=O)Cc1cccs1. The van der Waals surface area contributed by atoms with Gasteiger partial charge in [0.2, 0.25) is 5.91 Å². The molecule has 0 saturated heterocycles. The number of nitrogens with one attached hydrogen (secondary N) is 1. The summed E-state index contributed by atoms with van der Waals surface area (Å²) in [6, 6.07) is 11.8. The highest BCUT2D eigenvalue weighted by Crippen LogP contribution is 2.13. The highest BCUT2D eigenvalue weighted by molar-refractivity contribution is 7.10. The van der Waals surface area contributed by atoms with Gasteiger partial charge >= 0.3 is 0 Å². The summed E-state index contributed by atoms with van der Waals surface area (Å²) in [4.78, 5) is 12.9. The van der Waals surface area contributed by atoms with Gasteiger partial charge in [0.05, 0.1) is 6.42 Å². The minimum absolute atomic E-state index is 0.0666. The normalized spacial score (nSPS) is 12.1. The van der Waals surface area contributed by atoms with Gasteiger partial charge in [-0.3, -0.25) is 4.79 Å². The summed E-state index contributed by atoms with van der Waals surface area (Å²) in [7, 11) is 0. The molecule has 1 N–H and O–H groups in total. The molecule has 0 aliphatic heterocycles. The Morgan fingerprint density at radius 1 is 1.37 bits per heavy atom. The van der Waals surface area contributed by atoms with Crippen molar-refractivity contribution in [1.82, 2.24) is 5.32 Å². The summed E-state index contributed by atoms with van der Waals surface area (Å²) in [5.41, 5.74) is 1.14. The number of amides is 1. The lowest BCUT2D eigenvalue weighted by molar-refractivity contribution is -0.120. The molecule has 2 nitrogen and oxygen atoms in total. The quantitative estimate of drug-likeness (QED) is 0.895. The second-order valence-corrected chi connectivity index (χ2v) is 6.03. The van der Waals surface area contributed by atoms with Crippen LogP contribution in [0, 0.1) is 0 Å². The lowest BCUT2D eigenvalue weighted by Gasteiger charge is -2.13. The van der Waals surface area contributed by atoms with E-state index in [1.807, 2.05) is 48.7 Å². The van der Waals surface area contributed by atoms with Gasteiger partial charge in [-0.1, -0.05) is 29.8 Å². The van der Waals surface area contributed by atoms with Crippen molar-refractivity contribution in [2.45, 2.75) is 25.8 Å². The molecule has 1 aromatic heterocycles. The van der Waals surface area contributed by atoms with Crippen LogP contribution < -0.4 is 5.32 Å². The molecule has 0 bridgehead atoms. The van der Waals surface area contributed by atoms with Crippen molar-refractivity contribution in [2.75, 3.05) is 0 Å². The summed E-state index contributed by atoms with van der Waals surface area (Å²) in [5.74, 6) is 0.0666. The van der Waals surface area contributed by atoms with E-state index in [9.17, 15) is 4.79 Å². The third kappa shape index (κ3) is 4.69. The van der Waals surface area contributed by atoms with E-state index in [4.69, 9.17) is 11.6 Å². The molecule has 0 saturated carbocycles. The fourth-order valence-corrected chi connectivity index (χ4v) is 2.88. The zero-order valence-corrected chi connectivity index (χ0v) is 12.3. The first kappa shape index (κ1) is 14.1. The van der Waals surface area contributed by atoms with E-state index in [0.29, 0.717) is 6.42 Å². The first-order valence-electron chi connectivity index (χ1n) is 6.19. The zero-order chi connectivity index (χ0) is 13.7. The van der Waals surface area contributed by atoms with Crippen molar-refractivity contribution in [1.29, 1.82) is 0 Å². The zero-order valence-electron chi connectivity index (χ0n) is 10.7. The smallest absolute Gasteiger partial charge is 0.225 e. The molecule has 0 radical (unpaired) electrons. The molecule has 1 atom stereocenters. The maximum Gasteiger partial charge on any atom is 0.225 e. The van der Waals surface area contributed by atoms with E-state index in [-0.39, 0.29) is 11.9 Å². The Labute approximate surface area is 122 Å². The first-order valence-corrected chi connectivity index (χ1v) is 7.45. The molecule has 0 aliphatic carbocycles. The summed E-state index contributed by atoms with van der Waals surface area (Å²) >= 11 is 7.55. The third-order valence-electron chi connectivity index (χ3n) is 2.75. The number of thiophene rings is 1. The van der Waals surface area contributed by atoms with E-state index in [1.54, 1.807) is 11.3 Å². The molecule has 0 fully saturated rings. The van der Waals surface area contributed by atoms with E-state index >= 15 is 0 Å². The Balaban J connectivity index is 1.84. The van der Waals surface area contributed by atoms with Crippen LogP contribution in [-0.4, -0.2) is 11.9 Å². The molecule has 1 amide bonds. The molecule has 0 spiro atoms. The Morgan fingerprint density at radius 2 is 2.21 bits per heavy atom. The highest BCUT2D eigenvalue weighted by atomic mass is 35.5. The Morgan fingerprint density at radius 3 is 2.89 bits per heavy atom. The van der Waals surface area contributed by atoms with Crippen molar-refractivity contribution >= 4 is 28.8 Å². The summed E-state index contributed by atoms with van der Waals surface area (Å²) in [6.45, 7) is 2.01. The number of carbonyl (C=O) groups is 1. The Bertz CT molecular complexity index is 539. The van der Waals surface area contributed by atoms with Crippen LogP contribution in [0.25, 0.3) is 0 Å². The van der Waals surface area contributed by atoms with Gasteiger partial charge in [-0.05, 0) is 42.5 Å². The van der Waals surface area contributed by atoms with Crippen molar-refractivity contribution < 1.29 is 4.79 Å². The molecule has 1 aromatic carbocycles. The van der Waals surface area contributed by atoms with E-state index in [1.165, 1.54) is 0 Å². The second-order valence-electron chi connectivity index (χ2n) is 4.56. The van der Waals surface area contributed by atoms with Crippen LogP contribution in [0.2, 0.25) is 5.02 Å². The Kier molecular flexibility index (Phi) is 5.00. The average Bonchev–Trinajstić information content (AvgIpc) is 2.81. The van der Waals surface area contributed by atoms with Crippen molar-refractivity contribution in [2.24, 2.45) is 0 Å². The molecule has 1 heterocycles. The number of carbonyl (C=O) groups excluding carboxylic acids is 1. The number of halogens is 1. The number of hydrogen-bond donors (Lipinski definition) is 1. The van der Waals surface area contributed by atoms with Gasteiger partial charge in [0.15, 0.2) is 0 Å². The fourth-order valence-electron chi connectivity index (χ4n) is 1.97. The predicted octanol–water partition coefficient (Wildman–Crippen LogP) is 3.69. The first-order chi connectivity index (χ1) is 9.13.